The van der Waals surface area contributed by atoms with Crippen LogP contribution in [0.4, 0.5) is 0 Å². The second-order valence-electron chi connectivity index (χ2n) is 14.3. The molecular formula is C30H46O4. The Kier molecular flexibility index (Phi) is 5.27. The van der Waals surface area contributed by atoms with E-state index in [9.17, 15) is 19.8 Å². The van der Waals surface area contributed by atoms with E-state index in [0.717, 1.165) is 31.3 Å². The van der Waals surface area contributed by atoms with Gasteiger partial charge in [0.05, 0.1) is 10.8 Å². The van der Waals surface area contributed by atoms with Gasteiger partial charge in [-0.1, -0.05) is 59.6 Å². The van der Waals surface area contributed by atoms with Crippen molar-refractivity contribution < 1.29 is 19.8 Å². The van der Waals surface area contributed by atoms with E-state index in [1.54, 1.807) is 0 Å². The lowest BCUT2D eigenvalue weighted by Crippen LogP contribution is -2.67. The fourth-order valence-corrected chi connectivity index (χ4v) is 11.1. The van der Waals surface area contributed by atoms with E-state index in [1.807, 2.05) is 0 Å². The normalized spacial score (nSPS) is 51.7. The first kappa shape index (κ1) is 24.4. The van der Waals surface area contributed by atoms with Gasteiger partial charge in [-0.25, -0.2) is 0 Å². The van der Waals surface area contributed by atoms with Gasteiger partial charge < -0.3 is 10.2 Å². The number of carboxylic acids is 2. The number of fused-ring (bicyclic) bond motifs is 7. The molecule has 4 fully saturated rings. The van der Waals surface area contributed by atoms with Gasteiger partial charge in [0.25, 0.3) is 0 Å². The molecule has 5 rings (SSSR count). The molecule has 0 aromatic carbocycles. The maximum Gasteiger partial charge on any atom is 0.314 e. The van der Waals surface area contributed by atoms with Crippen molar-refractivity contribution in [2.45, 2.75) is 106 Å². The smallest absolute Gasteiger partial charge is 0.314 e. The largest absolute Gasteiger partial charge is 0.481 e. The monoisotopic (exact) mass is 470 g/mol. The predicted molar refractivity (Wildman–Crippen MR) is 133 cm³/mol. The minimum Gasteiger partial charge on any atom is -0.481 e. The van der Waals surface area contributed by atoms with Crippen LogP contribution in [0.3, 0.4) is 0 Å². The average molecular weight is 471 g/mol. The molecular weight excluding hydrogens is 424 g/mol. The summed E-state index contributed by atoms with van der Waals surface area (Å²) in [6, 6.07) is 0. The molecule has 0 saturated heterocycles. The van der Waals surface area contributed by atoms with Gasteiger partial charge in [-0.2, -0.15) is 0 Å². The molecule has 0 aliphatic heterocycles. The summed E-state index contributed by atoms with van der Waals surface area (Å²) < 4.78 is 0. The number of allylic oxidation sites excluding steroid dienone is 1. The molecule has 0 bridgehead atoms. The zero-order valence-electron chi connectivity index (χ0n) is 22.2. The number of hydrogen-bond acceptors (Lipinski definition) is 2. The van der Waals surface area contributed by atoms with Crippen molar-refractivity contribution in [1.29, 1.82) is 0 Å². The number of carbonyl (C=O) groups is 2. The van der Waals surface area contributed by atoms with Gasteiger partial charge in [-0.05, 0) is 104 Å². The Hall–Kier alpha value is -1.32. The molecule has 34 heavy (non-hydrogen) atoms. The molecule has 5 aliphatic carbocycles. The third kappa shape index (κ3) is 2.72. The van der Waals surface area contributed by atoms with Crippen LogP contribution in [0.25, 0.3) is 0 Å². The number of rotatable bonds is 2. The molecule has 2 N–H and O–H groups in total. The molecule has 0 aromatic rings. The highest BCUT2D eigenvalue weighted by Crippen LogP contribution is 2.75. The minimum atomic E-state index is -0.930. The molecule has 190 valence electrons. The van der Waals surface area contributed by atoms with Crippen molar-refractivity contribution in [3.8, 4) is 0 Å². The molecule has 0 heterocycles. The molecule has 0 radical (unpaired) electrons. The number of hydrogen-bond donors (Lipinski definition) is 2. The second kappa shape index (κ2) is 7.35. The molecule has 0 aromatic heterocycles. The van der Waals surface area contributed by atoms with Gasteiger partial charge in [-0.15, -0.1) is 0 Å². The Morgan fingerprint density at radius 1 is 0.853 bits per heavy atom. The lowest BCUT2D eigenvalue weighted by molar-refractivity contribution is -0.205. The standard InChI is InChI=1S/C30H46O4/c1-18-10-15-29(24(31)32)16-17-30(25(33)34)20(23(29)19(18)2)8-9-22-27(5)13-7-12-26(3,4)21(27)11-14-28(22,30)6/h8,18-19,21-23H,7,9-17H2,1-6H3,(H,31,32)(H,33,34)/t18-,19+,21?,22-,23+,27+,28-,29+,30-/m1/s1. The Balaban J connectivity index is 1.69. The van der Waals surface area contributed by atoms with E-state index >= 15 is 0 Å². The van der Waals surface area contributed by atoms with Crippen molar-refractivity contribution in [3.05, 3.63) is 11.6 Å². The fraction of sp³-hybridized carbons (Fsp3) is 0.867. The first-order valence-corrected chi connectivity index (χ1v) is 14.0. The lowest BCUT2D eigenvalue weighted by Gasteiger charge is -2.70. The van der Waals surface area contributed by atoms with Gasteiger partial charge >= 0.3 is 11.9 Å². The second-order valence-corrected chi connectivity index (χ2v) is 14.3. The van der Waals surface area contributed by atoms with Gasteiger partial charge in [0.15, 0.2) is 0 Å². The maximum absolute atomic E-state index is 13.5. The van der Waals surface area contributed by atoms with Gasteiger partial charge in [-0.3, -0.25) is 9.59 Å². The van der Waals surface area contributed by atoms with Crippen LogP contribution in [0.1, 0.15) is 106 Å². The highest BCUT2D eigenvalue weighted by Gasteiger charge is 2.72. The van der Waals surface area contributed by atoms with E-state index in [2.05, 4.69) is 47.6 Å². The zero-order valence-corrected chi connectivity index (χ0v) is 22.2. The Bertz CT molecular complexity index is 934. The summed E-state index contributed by atoms with van der Waals surface area (Å²) in [6.45, 7) is 14.1. The van der Waals surface area contributed by atoms with Crippen LogP contribution in [0.2, 0.25) is 0 Å². The predicted octanol–water partition coefficient (Wildman–Crippen LogP) is 7.18. The molecule has 0 spiro atoms. The molecule has 9 atom stereocenters. The third-order valence-electron chi connectivity index (χ3n) is 13.0. The number of aliphatic carboxylic acids is 2. The van der Waals surface area contributed by atoms with Crippen LogP contribution in [-0.2, 0) is 9.59 Å². The highest BCUT2D eigenvalue weighted by atomic mass is 16.4. The Morgan fingerprint density at radius 2 is 1.56 bits per heavy atom. The summed E-state index contributed by atoms with van der Waals surface area (Å²) in [5.74, 6) is 0.0248. The van der Waals surface area contributed by atoms with Crippen LogP contribution in [0, 0.1) is 56.7 Å². The van der Waals surface area contributed by atoms with Gasteiger partial charge in [0.2, 0.25) is 0 Å². The summed E-state index contributed by atoms with van der Waals surface area (Å²) in [5.41, 5.74) is -0.608. The van der Waals surface area contributed by atoms with Crippen molar-refractivity contribution in [2.24, 2.45) is 56.7 Å². The molecule has 4 saturated carbocycles. The summed E-state index contributed by atoms with van der Waals surface area (Å²) in [6.07, 6.45) is 11.5. The van der Waals surface area contributed by atoms with Crippen molar-refractivity contribution in [3.63, 3.8) is 0 Å². The average Bonchev–Trinajstić information content (AvgIpc) is 2.74. The lowest BCUT2D eigenvalue weighted by atomic mass is 9.33. The summed E-state index contributed by atoms with van der Waals surface area (Å²) >= 11 is 0. The Morgan fingerprint density at radius 3 is 2.21 bits per heavy atom. The van der Waals surface area contributed by atoms with E-state index in [-0.39, 0.29) is 22.7 Å². The first-order valence-electron chi connectivity index (χ1n) is 14.0. The van der Waals surface area contributed by atoms with Crippen LogP contribution >= 0.6 is 0 Å². The zero-order chi connectivity index (χ0) is 24.9. The highest BCUT2D eigenvalue weighted by molar-refractivity contribution is 5.84. The summed E-state index contributed by atoms with van der Waals surface area (Å²) in [4.78, 5) is 26.3. The quantitative estimate of drug-likeness (QED) is 0.419. The van der Waals surface area contributed by atoms with E-state index < -0.39 is 22.8 Å². The van der Waals surface area contributed by atoms with Crippen molar-refractivity contribution in [1.82, 2.24) is 0 Å². The Labute approximate surface area is 206 Å². The fourth-order valence-electron chi connectivity index (χ4n) is 11.1. The van der Waals surface area contributed by atoms with Crippen LogP contribution < -0.4 is 0 Å². The SMILES string of the molecule is C[C@H]1[C@H](C)CC[C@]2(C(=O)O)CC[C@]3(C(=O)O)C(=CC[C@@H]4[C@@]5(C)CCCC(C)(C)C5CC[C@]43C)[C@H]12. The topological polar surface area (TPSA) is 74.6 Å². The van der Waals surface area contributed by atoms with E-state index in [1.165, 1.54) is 19.3 Å². The maximum atomic E-state index is 13.5. The first-order chi connectivity index (χ1) is 15.8. The van der Waals surface area contributed by atoms with E-state index in [0.29, 0.717) is 42.4 Å². The minimum absolute atomic E-state index is 0.145. The molecule has 4 nitrogen and oxygen atoms in total. The summed E-state index contributed by atoms with van der Waals surface area (Å²) in [7, 11) is 0. The van der Waals surface area contributed by atoms with Crippen molar-refractivity contribution in [2.75, 3.05) is 0 Å². The van der Waals surface area contributed by atoms with Crippen LogP contribution in [-0.4, -0.2) is 22.2 Å². The van der Waals surface area contributed by atoms with Gasteiger partial charge in [0, 0.05) is 0 Å². The molecule has 5 aliphatic rings. The summed E-state index contributed by atoms with van der Waals surface area (Å²) in [5, 5.41) is 21.6. The van der Waals surface area contributed by atoms with E-state index in [4.69, 9.17) is 0 Å². The third-order valence-corrected chi connectivity index (χ3v) is 13.0. The molecule has 0 amide bonds. The van der Waals surface area contributed by atoms with Crippen LogP contribution in [0.15, 0.2) is 11.6 Å². The molecule has 4 heteroatoms. The van der Waals surface area contributed by atoms with Crippen LogP contribution in [0.5, 0.6) is 0 Å². The van der Waals surface area contributed by atoms with Gasteiger partial charge in [0.1, 0.15) is 0 Å². The van der Waals surface area contributed by atoms with Crippen molar-refractivity contribution >= 4 is 11.9 Å². The molecule has 1 unspecified atom stereocenters. The number of carboxylic acid groups (broad SMARTS) is 2.